The summed E-state index contributed by atoms with van der Waals surface area (Å²) in [7, 11) is 2.00. The summed E-state index contributed by atoms with van der Waals surface area (Å²) < 4.78 is 12.8. The minimum absolute atomic E-state index is 0.317. The summed E-state index contributed by atoms with van der Waals surface area (Å²) in [4.78, 5) is 27.3. The summed E-state index contributed by atoms with van der Waals surface area (Å²) >= 11 is 0. The van der Waals surface area contributed by atoms with Crippen molar-refractivity contribution in [1.82, 2.24) is 9.47 Å². The zero-order chi connectivity index (χ0) is 20.9. The Labute approximate surface area is 167 Å². The van der Waals surface area contributed by atoms with Gasteiger partial charge >= 0.3 is 12.2 Å². The third-order valence-electron chi connectivity index (χ3n) is 4.54. The number of aromatic nitrogens is 1. The molecule has 0 unspecified atom stereocenters. The van der Waals surface area contributed by atoms with Crippen LogP contribution >= 0.6 is 0 Å². The number of hydrogen-bond acceptors (Lipinski definition) is 4. The molecule has 0 N–H and O–H groups in total. The molecule has 0 radical (unpaired) electrons. The van der Waals surface area contributed by atoms with Crippen LogP contribution in [0.25, 0.3) is 10.9 Å². The standard InChI is InChI=1S/C21H29BN2O4/c1-20(2,3)27-18(25)23-10-9-15-14-8-7-13(22)11-16(14)24(17(15)12-23)19(26)28-21(4,5)6/h7-8,11H,9-10,12,22H2,1-6H3. The Balaban J connectivity index is 2.05. The molecule has 1 aromatic heterocycles. The van der Waals surface area contributed by atoms with E-state index in [0.29, 0.717) is 19.5 Å². The molecule has 7 heteroatoms. The number of carbonyl (C=O) groups is 2. The molecule has 1 amide bonds. The highest BCUT2D eigenvalue weighted by molar-refractivity contribution is 6.33. The molecule has 2 aromatic rings. The van der Waals surface area contributed by atoms with Gasteiger partial charge in [-0.15, -0.1) is 0 Å². The first-order chi connectivity index (χ1) is 12.9. The fourth-order valence-corrected chi connectivity index (χ4v) is 3.47. The SMILES string of the molecule is Bc1ccc2c3c(n(C(=O)OC(C)(C)C)c2c1)CN(C(=O)OC(C)(C)C)CC3. The summed E-state index contributed by atoms with van der Waals surface area (Å²) in [6.07, 6.45) is -0.116. The van der Waals surface area contributed by atoms with Crippen LogP contribution in [0.5, 0.6) is 0 Å². The topological polar surface area (TPSA) is 60.8 Å². The normalized spacial score (nSPS) is 14.7. The summed E-state index contributed by atoms with van der Waals surface area (Å²) in [6, 6.07) is 6.09. The monoisotopic (exact) mass is 384 g/mol. The van der Waals surface area contributed by atoms with Crippen LogP contribution in [0.3, 0.4) is 0 Å². The molecule has 2 heterocycles. The van der Waals surface area contributed by atoms with E-state index in [4.69, 9.17) is 9.47 Å². The molecule has 0 bridgehead atoms. The van der Waals surface area contributed by atoms with Crippen LogP contribution in [0, 0.1) is 0 Å². The molecular formula is C21H29BN2O4. The van der Waals surface area contributed by atoms with E-state index in [-0.39, 0.29) is 6.09 Å². The highest BCUT2D eigenvalue weighted by Crippen LogP contribution is 2.31. The summed E-state index contributed by atoms with van der Waals surface area (Å²) in [5.41, 5.74) is 2.62. The minimum atomic E-state index is -0.607. The summed E-state index contributed by atoms with van der Waals surface area (Å²) in [5.74, 6) is 0. The molecule has 1 aromatic carbocycles. The van der Waals surface area contributed by atoms with Crippen molar-refractivity contribution in [2.24, 2.45) is 0 Å². The van der Waals surface area contributed by atoms with Crippen molar-refractivity contribution in [3.63, 3.8) is 0 Å². The van der Waals surface area contributed by atoms with E-state index < -0.39 is 17.3 Å². The zero-order valence-electron chi connectivity index (χ0n) is 17.9. The van der Waals surface area contributed by atoms with Gasteiger partial charge in [0.1, 0.15) is 19.0 Å². The maximum atomic E-state index is 13.0. The smallest absolute Gasteiger partial charge is 0.419 e. The third-order valence-corrected chi connectivity index (χ3v) is 4.54. The van der Waals surface area contributed by atoms with E-state index in [1.807, 2.05) is 67.6 Å². The Bertz CT molecular complexity index is 934. The first kappa shape index (κ1) is 20.3. The highest BCUT2D eigenvalue weighted by atomic mass is 16.6. The van der Waals surface area contributed by atoms with Gasteiger partial charge in [0, 0.05) is 11.9 Å². The van der Waals surface area contributed by atoms with Crippen molar-refractivity contribution >= 4 is 36.4 Å². The number of carbonyl (C=O) groups excluding carboxylic acids is 2. The molecule has 150 valence electrons. The van der Waals surface area contributed by atoms with Crippen LogP contribution in [0.15, 0.2) is 18.2 Å². The average molecular weight is 384 g/mol. The lowest BCUT2D eigenvalue weighted by atomic mass is 9.94. The van der Waals surface area contributed by atoms with Crippen molar-refractivity contribution in [2.75, 3.05) is 6.54 Å². The number of nitrogens with zero attached hydrogens (tertiary/aromatic N) is 2. The van der Waals surface area contributed by atoms with E-state index in [1.54, 1.807) is 9.47 Å². The van der Waals surface area contributed by atoms with Crippen LogP contribution < -0.4 is 5.46 Å². The predicted octanol–water partition coefficient (Wildman–Crippen LogP) is 2.98. The minimum Gasteiger partial charge on any atom is -0.444 e. The van der Waals surface area contributed by atoms with Crippen molar-refractivity contribution in [1.29, 1.82) is 0 Å². The first-order valence-electron chi connectivity index (χ1n) is 9.70. The molecule has 0 atom stereocenters. The molecule has 0 saturated heterocycles. The number of rotatable bonds is 0. The lowest BCUT2D eigenvalue weighted by molar-refractivity contribution is 0.0212. The Morgan fingerprint density at radius 3 is 2.21 bits per heavy atom. The highest BCUT2D eigenvalue weighted by Gasteiger charge is 2.32. The van der Waals surface area contributed by atoms with Crippen LogP contribution in [0.4, 0.5) is 9.59 Å². The Morgan fingerprint density at radius 1 is 1.00 bits per heavy atom. The number of amides is 1. The van der Waals surface area contributed by atoms with Gasteiger partial charge in [0.2, 0.25) is 0 Å². The van der Waals surface area contributed by atoms with Gasteiger partial charge in [-0.3, -0.25) is 0 Å². The number of hydrogen-bond donors (Lipinski definition) is 0. The van der Waals surface area contributed by atoms with E-state index in [2.05, 4.69) is 0 Å². The van der Waals surface area contributed by atoms with Gasteiger partial charge in [0.25, 0.3) is 0 Å². The first-order valence-corrected chi connectivity index (χ1v) is 9.70. The fraction of sp³-hybridized carbons (Fsp3) is 0.524. The second-order valence-corrected chi connectivity index (χ2v) is 9.41. The van der Waals surface area contributed by atoms with E-state index in [1.165, 1.54) is 0 Å². The summed E-state index contributed by atoms with van der Waals surface area (Å²) in [5, 5.41) is 1.04. The largest absolute Gasteiger partial charge is 0.444 e. The van der Waals surface area contributed by atoms with Crippen LogP contribution in [0.2, 0.25) is 0 Å². The van der Waals surface area contributed by atoms with Crippen molar-refractivity contribution in [2.45, 2.75) is 65.7 Å². The van der Waals surface area contributed by atoms with Crippen LogP contribution in [-0.2, 0) is 22.4 Å². The van der Waals surface area contributed by atoms with Gasteiger partial charge in [0.15, 0.2) is 0 Å². The molecular weight excluding hydrogens is 355 g/mol. The number of fused-ring (bicyclic) bond motifs is 3. The lowest BCUT2D eigenvalue weighted by Crippen LogP contribution is -2.41. The Morgan fingerprint density at radius 2 is 1.61 bits per heavy atom. The fourth-order valence-electron chi connectivity index (χ4n) is 3.47. The van der Waals surface area contributed by atoms with Crippen molar-refractivity contribution in [3.05, 3.63) is 29.5 Å². The van der Waals surface area contributed by atoms with Gasteiger partial charge in [0.05, 0.1) is 17.8 Å². The second kappa shape index (κ2) is 6.87. The van der Waals surface area contributed by atoms with Gasteiger partial charge in [-0.05, 0) is 59.6 Å². The molecule has 3 rings (SSSR count). The van der Waals surface area contributed by atoms with Gasteiger partial charge in [-0.2, -0.15) is 0 Å². The van der Waals surface area contributed by atoms with Gasteiger partial charge < -0.3 is 14.4 Å². The molecule has 28 heavy (non-hydrogen) atoms. The molecule has 0 saturated carbocycles. The van der Waals surface area contributed by atoms with Gasteiger partial charge in [-0.1, -0.05) is 17.6 Å². The van der Waals surface area contributed by atoms with Gasteiger partial charge in [-0.25, -0.2) is 14.2 Å². The third kappa shape index (κ3) is 4.18. The van der Waals surface area contributed by atoms with Crippen molar-refractivity contribution in [3.8, 4) is 0 Å². The maximum absolute atomic E-state index is 13.0. The Hall–Kier alpha value is -2.44. The number of ether oxygens (including phenoxy) is 2. The van der Waals surface area contributed by atoms with Crippen LogP contribution in [-0.4, -0.2) is 47.2 Å². The molecule has 0 spiro atoms. The molecule has 0 fully saturated rings. The second-order valence-electron chi connectivity index (χ2n) is 9.41. The molecule has 0 aliphatic carbocycles. The molecule has 1 aliphatic rings. The zero-order valence-corrected chi connectivity index (χ0v) is 17.9. The number of benzene rings is 1. The van der Waals surface area contributed by atoms with E-state index in [0.717, 1.165) is 27.6 Å². The average Bonchev–Trinajstić information content (AvgIpc) is 2.83. The lowest BCUT2D eigenvalue weighted by Gasteiger charge is -2.31. The Kier molecular flexibility index (Phi) is 4.98. The predicted molar refractivity (Wildman–Crippen MR) is 112 cm³/mol. The van der Waals surface area contributed by atoms with E-state index in [9.17, 15) is 9.59 Å². The van der Waals surface area contributed by atoms with Crippen molar-refractivity contribution < 1.29 is 19.1 Å². The maximum Gasteiger partial charge on any atom is 0.419 e. The summed E-state index contributed by atoms with van der Waals surface area (Å²) in [6.45, 7) is 12.0. The molecule has 1 aliphatic heterocycles. The van der Waals surface area contributed by atoms with Crippen LogP contribution in [0.1, 0.15) is 52.8 Å². The molecule has 6 nitrogen and oxygen atoms in total. The quantitative estimate of drug-likeness (QED) is 0.656. The van der Waals surface area contributed by atoms with E-state index >= 15 is 0 Å².